The molecule has 0 radical (unpaired) electrons. The van der Waals surface area contributed by atoms with Gasteiger partial charge in [0, 0.05) is 16.1 Å². The number of hydrogen-bond acceptors (Lipinski definition) is 4. The van der Waals surface area contributed by atoms with E-state index in [0.29, 0.717) is 28.4 Å². The number of benzene rings is 3. The Morgan fingerprint density at radius 1 is 0.889 bits per heavy atom. The predicted molar refractivity (Wildman–Crippen MR) is 149 cm³/mol. The van der Waals surface area contributed by atoms with Gasteiger partial charge in [0.1, 0.15) is 28.2 Å². The molecular formula is C30H36ClN3O2. The van der Waals surface area contributed by atoms with Crippen molar-refractivity contribution in [2.24, 2.45) is 0 Å². The van der Waals surface area contributed by atoms with Crippen LogP contribution in [-0.2, 0) is 5.41 Å². The molecule has 36 heavy (non-hydrogen) atoms. The monoisotopic (exact) mass is 505 g/mol. The molecule has 190 valence electrons. The summed E-state index contributed by atoms with van der Waals surface area (Å²) >= 11 is 6.16. The number of aromatic hydroxyl groups is 1. The van der Waals surface area contributed by atoms with Crippen LogP contribution in [0.2, 0.25) is 5.02 Å². The Labute approximate surface area is 219 Å². The van der Waals surface area contributed by atoms with E-state index in [0.717, 1.165) is 28.9 Å². The number of fused-ring (bicyclic) bond motifs is 1. The van der Waals surface area contributed by atoms with Gasteiger partial charge in [0.15, 0.2) is 0 Å². The van der Waals surface area contributed by atoms with Crippen LogP contribution in [0.1, 0.15) is 71.8 Å². The van der Waals surface area contributed by atoms with Crippen LogP contribution in [0, 0.1) is 0 Å². The molecule has 0 aliphatic rings. The lowest BCUT2D eigenvalue weighted by Gasteiger charge is -2.23. The second-order valence-corrected chi connectivity index (χ2v) is 10.8. The first kappa shape index (κ1) is 26.0. The highest BCUT2D eigenvalue weighted by molar-refractivity contribution is 6.31. The Bertz CT molecular complexity index is 1320. The number of phenolic OH excluding ortho intramolecular Hbond substituents is 1. The van der Waals surface area contributed by atoms with Gasteiger partial charge in [-0.25, -0.2) is 0 Å². The molecule has 4 rings (SSSR count). The average molecular weight is 506 g/mol. The fourth-order valence-corrected chi connectivity index (χ4v) is 4.56. The summed E-state index contributed by atoms with van der Waals surface area (Å²) in [4.78, 5) is 1.49. The molecule has 0 saturated carbocycles. The predicted octanol–water partition coefficient (Wildman–Crippen LogP) is 8.48. The van der Waals surface area contributed by atoms with E-state index in [4.69, 9.17) is 16.3 Å². The average Bonchev–Trinajstić information content (AvgIpc) is 3.26. The molecule has 5 nitrogen and oxygen atoms in total. The van der Waals surface area contributed by atoms with Crippen LogP contribution in [0.3, 0.4) is 0 Å². The highest BCUT2D eigenvalue weighted by atomic mass is 35.5. The first-order valence-corrected chi connectivity index (χ1v) is 13.3. The smallest absolute Gasteiger partial charge is 0.146 e. The van der Waals surface area contributed by atoms with Gasteiger partial charge in [-0.05, 0) is 53.8 Å². The minimum absolute atomic E-state index is 0.170. The molecule has 0 bridgehead atoms. The van der Waals surface area contributed by atoms with E-state index >= 15 is 0 Å². The van der Waals surface area contributed by atoms with E-state index in [1.807, 2.05) is 36.4 Å². The van der Waals surface area contributed by atoms with Gasteiger partial charge < -0.3 is 9.84 Å². The van der Waals surface area contributed by atoms with Gasteiger partial charge >= 0.3 is 0 Å². The summed E-state index contributed by atoms with van der Waals surface area (Å²) in [5.74, 6) is 1.01. The number of halogens is 1. The Kier molecular flexibility index (Phi) is 8.20. The molecule has 0 aliphatic heterocycles. The van der Waals surface area contributed by atoms with Gasteiger partial charge in [-0.15, -0.1) is 15.0 Å². The topological polar surface area (TPSA) is 60.2 Å². The second-order valence-electron chi connectivity index (χ2n) is 10.4. The molecule has 1 N–H and O–H groups in total. The number of aromatic nitrogens is 3. The van der Waals surface area contributed by atoms with E-state index in [1.54, 1.807) is 12.1 Å². The first-order valence-electron chi connectivity index (χ1n) is 12.9. The van der Waals surface area contributed by atoms with Crippen LogP contribution in [0.5, 0.6) is 11.5 Å². The van der Waals surface area contributed by atoms with E-state index < -0.39 is 0 Å². The standard InChI is InChI=1S/C30H36ClN3O2/c1-5-6-7-8-9-12-17-36-28-14-11-10-13-23(28)21-18-24(30(2,3)4)29(35)27(19-21)34-32-25-16-15-22(31)20-26(25)33-34/h10-11,13-16,18-20,35H,5-9,12,17H2,1-4H3. The number of unbranched alkanes of at least 4 members (excludes halogenated alkanes) is 5. The molecule has 4 aromatic rings. The van der Waals surface area contributed by atoms with Crippen LogP contribution in [-0.4, -0.2) is 26.7 Å². The van der Waals surface area contributed by atoms with Crippen molar-refractivity contribution in [2.45, 2.75) is 71.6 Å². The number of ether oxygens (including phenoxy) is 1. The number of hydrogen-bond donors (Lipinski definition) is 1. The van der Waals surface area contributed by atoms with Crippen LogP contribution < -0.4 is 4.74 Å². The van der Waals surface area contributed by atoms with Crippen molar-refractivity contribution in [2.75, 3.05) is 6.61 Å². The third-order valence-corrected chi connectivity index (χ3v) is 6.64. The van der Waals surface area contributed by atoms with Crippen molar-refractivity contribution in [3.63, 3.8) is 0 Å². The molecule has 0 aliphatic carbocycles. The molecule has 0 atom stereocenters. The molecule has 0 spiro atoms. The van der Waals surface area contributed by atoms with Gasteiger partial charge in [0.05, 0.1) is 6.61 Å². The molecule has 0 fully saturated rings. The summed E-state index contributed by atoms with van der Waals surface area (Å²) in [6.07, 6.45) is 7.33. The minimum atomic E-state index is -0.293. The van der Waals surface area contributed by atoms with Crippen molar-refractivity contribution in [3.05, 3.63) is 65.2 Å². The van der Waals surface area contributed by atoms with Crippen molar-refractivity contribution in [1.82, 2.24) is 15.0 Å². The van der Waals surface area contributed by atoms with Gasteiger partial charge in [-0.2, -0.15) is 0 Å². The van der Waals surface area contributed by atoms with Crippen LogP contribution >= 0.6 is 11.6 Å². The lowest BCUT2D eigenvalue weighted by Crippen LogP contribution is -2.13. The summed E-state index contributed by atoms with van der Waals surface area (Å²) in [6, 6.07) is 17.5. The third-order valence-electron chi connectivity index (χ3n) is 6.41. The number of para-hydroxylation sites is 1. The molecule has 3 aromatic carbocycles. The van der Waals surface area contributed by atoms with Crippen molar-refractivity contribution in [1.29, 1.82) is 0 Å². The van der Waals surface area contributed by atoms with Gasteiger partial charge in [0.2, 0.25) is 0 Å². The van der Waals surface area contributed by atoms with E-state index in [1.165, 1.54) is 36.9 Å². The van der Waals surface area contributed by atoms with E-state index in [2.05, 4.69) is 44.0 Å². The Morgan fingerprint density at radius 3 is 2.39 bits per heavy atom. The fourth-order valence-electron chi connectivity index (χ4n) is 4.39. The highest BCUT2D eigenvalue weighted by Crippen LogP contribution is 2.41. The van der Waals surface area contributed by atoms with Gasteiger partial charge in [-0.1, -0.05) is 89.6 Å². The lowest BCUT2D eigenvalue weighted by atomic mass is 9.84. The second kappa shape index (κ2) is 11.3. The van der Waals surface area contributed by atoms with Crippen molar-refractivity contribution >= 4 is 22.6 Å². The molecule has 1 aromatic heterocycles. The van der Waals surface area contributed by atoms with Gasteiger partial charge in [0.25, 0.3) is 0 Å². The number of phenols is 1. The van der Waals surface area contributed by atoms with E-state index in [9.17, 15) is 5.11 Å². The highest BCUT2D eigenvalue weighted by Gasteiger charge is 2.24. The zero-order valence-electron chi connectivity index (χ0n) is 21.7. The van der Waals surface area contributed by atoms with Crippen molar-refractivity contribution < 1.29 is 9.84 Å². The summed E-state index contributed by atoms with van der Waals surface area (Å²) in [6.45, 7) is 9.18. The Balaban J connectivity index is 1.69. The summed E-state index contributed by atoms with van der Waals surface area (Å²) in [5.41, 5.74) is 4.37. The SMILES string of the molecule is CCCCCCCCOc1ccccc1-c1cc(-n2nc3ccc(Cl)cc3n2)c(O)c(C(C)(C)C)c1. The van der Waals surface area contributed by atoms with Crippen LogP contribution in [0.15, 0.2) is 54.6 Å². The lowest BCUT2D eigenvalue weighted by molar-refractivity contribution is 0.305. The van der Waals surface area contributed by atoms with Crippen LogP contribution in [0.4, 0.5) is 0 Å². The normalized spacial score (nSPS) is 11.8. The number of nitrogens with zero attached hydrogens (tertiary/aromatic N) is 3. The molecule has 6 heteroatoms. The maximum absolute atomic E-state index is 11.3. The zero-order chi connectivity index (χ0) is 25.7. The Morgan fingerprint density at radius 2 is 1.61 bits per heavy atom. The quantitative estimate of drug-likeness (QED) is 0.219. The summed E-state index contributed by atoms with van der Waals surface area (Å²) in [7, 11) is 0. The third kappa shape index (κ3) is 6.01. The van der Waals surface area contributed by atoms with E-state index in [-0.39, 0.29) is 11.2 Å². The Hall–Kier alpha value is -3.05. The molecular weight excluding hydrogens is 470 g/mol. The molecule has 1 heterocycles. The molecule has 0 amide bonds. The summed E-state index contributed by atoms with van der Waals surface area (Å²) < 4.78 is 6.25. The molecule has 0 unspecified atom stereocenters. The summed E-state index contributed by atoms with van der Waals surface area (Å²) in [5, 5.41) is 21.1. The first-order chi connectivity index (χ1) is 17.3. The van der Waals surface area contributed by atoms with Gasteiger partial charge in [-0.3, -0.25) is 0 Å². The molecule has 0 saturated heterocycles. The number of rotatable bonds is 10. The maximum Gasteiger partial charge on any atom is 0.146 e. The van der Waals surface area contributed by atoms with Crippen molar-refractivity contribution in [3.8, 4) is 28.3 Å². The largest absolute Gasteiger partial charge is 0.505 e. The fraction of sp³-hybridized carbons (Fsp3) is 0.400. The van der Waals surface area contributed by atoms with Crippen LogP contribution in [0.25, 0.3) is 27.8 Å². The zero-order valence-corrected chi connectivity index (χ0v) is 22.5. The minimum Gasteiger partial charge on any atom is -0.505 e. The maximum atomic E-state index is 11.3.